The van der Waals surface area contributed by atoms with Crippen molar-refractivity contribution in [2.75, 3.05) is 0 Å². The highest BCUT2D eigenvalue weighted by molar-refractivity contribution is 6.07. The quantitative estimate of drug-likeness (QED) is 0.607. The average molecular weight is 347 g/mol. The van der Waals surface area contributed by atoms with Crippen LogP contribution < -0.4 is 5.32 Å². The molecule has 5 nitrogen and oxygen atoms in total. The third-order valence-corrected chi connectivity index (χ3v) is 3.95. The summed E-state index contributed by atoms with van der Waals surface area (Å²) in [4.78, 5) is 21.4. The number of pyridine rings is 2. The summed E-state index contributed by atoms with van der Waals surface area (Å²) in [5, 5.41) is 3.38. The van der Waals surface area contributed by atoms with Crippen molar-refractivity contribution in [2.45, 2.75) is 6.54 Å². The number of amides is 1. The van der Waals surface area contributed by atoms with Gasteiger partial charge in [-0.2, -0.15) is 0 Å². The smallest absolute Gasteiger partial charge is 0.252 e. The zero-order valence-electron chi connectivity index (χ0n) is 13.6. The number of carbonyl (C=O) groups excluding carboxylic acids is 1. The molecule has 0 aliphatic heterocycles. The second-order valence-electron chi connectivity index (χ2n) is 5.69. The van der Waals surface area contributed by atoms with E-state index in [1.54, 1.807) is 48.9 Å². The molecule has 0 radical (unpaired) electrons. The Morgan fingerprint density at radius 2 is 2.00 bits per heavy atom. The second kappa shape index (κ2) is 6.76. The molecular formula is C20H14FN3O2. The van der Waals surface area contributed by atoms with Crippen LogP contribution in [0.4, 0.5) is 4.39 Å². The van der Waals surface area contributed by atoms with E-state index in [9.17, 15) is 9.18 Å². The standard InChI is InChI=1S/C20H14FN3O2/c21-13-6-7-15-16(20(25)23-12-14-4-3-9-26-14)11-19(24-18(15)10-13)17-5-1-2-8-22-17/h1-11H,12H2,(H,23,25). The third kappa shape index (κ3) is 3.17. The molecule has 1 amide bonds. The van der Waals surface area contributed by atoms with E-state index in [2.05, 4.69) is 15.3 Å². The zero-order valence-corrected chi connectivity index (χ0v) is 13.6. The van der Waals surface area contributed by atoms with Gasteiger partial charge in [-0.3, -0.25) is 9.78 Å². The van der Waals surface area contributed by atoms with Crippen LogP contribution in [0.3, 0.4) is 0 Å². The van der Waals surface area contributed by atoms with Crippen LogP contribution in [0.15, 0.2) is 71.5 Å². The summed E-state index contributed by atoms with van der Waals surface area (Å²) >= 11 is 0. The third-order valence-electron chi connectivity index (χ3n) is 3.95. The highest BCUT2D eigenvalue weighted by Crippen LogP contribution is 2.24. The van der Waals surface area contributed by atoms with Gasteiger partial charge in [0.2, 0.25) is 0 Å². The topological polar surface area (TPSA) is 68.0 Å². The number of halogens is 1. The molecule has 1 N–H and O–H groups in total. The van der Waals surface area contributed by atoms with E-state index in [4.69, 9.17) is 4.42 Å². The van der Waals surface area contributed by atoms with Gasteiger partial charge in [0, 0.05) is 17.6 Å². The fourth-order valence-electron chi connectivity index (χ4n) is 2.71. The molecule has 4 rings (SSSR count). The minimum Gasteiger partial charge on any atom is -0.467 e. The summed E-state index contributed by atoms with van der Waals surface area (Å²) in [5.41, 5.74) is 1.92. The average Bonchev–Trinajstić information content (AvgIpc) is 3.19. The van der Waals surface area contributed by atoms with Crippen LogP contribution >= 0.6 is 0 Å². The van der Waals surface area contributed by atoms with Gasteiger partial charge in [-0.05, 0) is 42.5 Å². The maximum Gasteiger partial charge on any atom is 0.252 e. The van der Waals surface area contributed by atoms with Crippen LogP contribution in [0.1, 0.15) is 16.1 Å². The number of rotatable bonds is 4. The Hall–Kier alpha value is -3.54. The Balaban J connectivity index is 1.77. The van der Waals surface area contributed by atoms with Crippen molar-refractivity contribution in [2.24, 2.45) is 0 Å². The lowest BCUT2D eigenvalue weighted by molar-refractivity contribution is 0.0949. The Kier molecular flexibility index (Phi) is 4.15. The van der Waals surface area contributed by atoms with Crippen LogP contribution in [-0.4, -0.2) is 15.9 Å². The second-order valence-corrected chi connectivity index (χ2v) is 5.69. The molecule has 0 saturated carbocycles. The molecule has 0 spiro atoms. The maximum atomic E-state index is 13.7. The number of fused-ring (bicyclic) bond motifs is 1. The van der Waals surface area contributed by atoms with Gasteiger partial charge in [-0.1, -0.05) is 6.07 Å². The van der Waals surface area contributed by atoms with E-state index in [0.717, 1.165) is 0 Å². The molecule has 1 aromatic carbocycles. The van der Waals surface area contributed by atoms with Gasteiger partial charge >= 0.3 is 0 Å². The molecule has 0 aliphatic rings. The summed E-state index contributed by atoms with van der Waals surface area (Å²) in [5.74, 6) is -0.0598. The number of benzene rings is 1. The van der Waals surface area contributed by atoms with Crippen molar-refractivity contribution in [3.05, 3.63) is 84.2 Å². The molecule has 0 atom stereocenters. The summed E-state index contributed by atoms with van der Waals surface area (Å²) in [6.45, 7) is 0.260. The van der Waals surface area contributed by atoms with Gasteiger partial charge in [0.05, 0.1) is 35.3 Å². The van der Waals surface area contributed by atoms with E-state index in [0.29, 0.717) is 33.6 Å². The van der Waals surface area contributed by atoms with Crippen LogP contribution in [0, 0.1) is 5.82 Å². The molecule has 6 heteroatoms. The number of carbonyl (C=O) groups is 1. The zero-order chi connectivity index (χ0) is 17.9. The summed E-state index contributed by atoms with van der Waals surface area (Å²) in [6, 6.07) is 14.8. The lowest BCUT2D eigenvalue weighted by Crippen LogP contribution is -2.23. The Morgan fingerprint density at radius 3 is 2.77 bits per heavy atom. The molecule has 0 saturated heterocycles. The fourth-order valence-corrected chi connectivity index (χ4v) is 2.71. The van der Waals surface area contributed by atoms with Gasteiger partial charge in [-0.15, -0.1) is 0 Å². The molecule has 3 heterocycles. The Bertz CT molecular complexity index is 1060. The van der Waals surface area contributed by atoms with E-state index in [-0.39, 0.29) is 12.5 Å². The first-order chi connectivity index (χ1) is 12.7. The monoisotopic (exact) mass is 347 g/mol. The molecule has 0 unspecified atom stereocenters. The van der Waals surface area contributed by atoms with E-state index >= 15 is 0 Å². The Labute approximate surface area is 148 Å². The number of aromatic nitrogens is 2. The predicted molar refractivity (Wildman–Crippen MR) is 94.8 cm³/mol. The number of nitrogens with one attached hydrogen (secondary N) is 1. The van der Waals surface area contributed by atoms with Gasteiger partial charge in [0.15, 0.2) is 0 Å². The van der Waals surface area contributed by atoms with Crippen molar-refractivity contribution < 1.29 is 13.6 Å². The number of furan rings is 1. The minimum absolute atomic E-state index is 0.260. The van der Waals surface area contributed by atoms with Crippen LogP contribution in [0.25, 0.3) is 22.3 Å². The predicted octanol–water partition coefficient (Wildman–Crippen LogP) is 3.96. The molecule has 0 aliphatic carbocycles. The van der Waals surface area contributed by atoms with Crippen LogP contribution in [0.5, 0.6) is 0 Å². The summed E-state index contributed by atoms with van der Waals surface area (Å²) in [7, 11) is 0. The van der Waals surface area contributed by atoms with E-state index < -0.39 is 5.82 Å². The highest BCUT2D eigenvalue weighted by atomic mass is 19.1. The maximum absolute atomic E-state index is 13.7. The van der Waals surface area contributed by atoms with Crippen molar-refractivity contribution in [1.29, 1.82) is 0 Å². The highest BCUT2D eigenvalue weighted by Gasteiger charge is 2.15. The fraction of sp³-hybridized carbons (Fsp3) is 0.0500. The summed E-state index contributed by atoms with van der Waals surface area (Å²) in [6.07, 6.45) is 3.19. The van der Waals surface area contributed by atoms with Gasteiger partial charge < -0.3 is 9.73 Å². The first-order valence-electron chi connectivity index (χ1n) is 8.03. The molecule has 26 heavy (non-hydrogen) atoms. The van der Waals surface area contributed by atoms with Crippen molar-refractivity contribution >= 4 is 16.8 Å². The first kappa shape index (κ1) is 16.0. The molecular weight excluding hydrogens is 333 g/mol. The normalized spacial score (nSPS) is 10.8. The molecule has 0 bridgehead atoms. The van der Waals surface area contributed by atoms with Crippen LogP contribution in [-0.2, 0) is 6.54 Å². The Morgan fingerprint density at radius 1 is 1.08 bits per heavy atom. The van der Waals surface area contributed by atoms with Crippen LogP contribution in [0.2, 0.25) is 0 Å². The minimum atomic E-state index is -0.412. The first-order valence-corrected chi connectivity index (χ1v) is 8.03. The van der Waals surface area contributed by atoms with Gasteiger partial charge in [0.25, 0.3) is 5.91 Å². The molecule has 4 aromatic rings. The van der Waals surface area contributed by atoms with Crippen molar-refractivity contribution in [3.63, 3.8) is 0 Å². The summed E-state index contributed by atoms with van der Waals surface area (Å²) < 4.78 is 18.9. The lowest BCUT2D eigenvalue weighted by Gasteiger charge is -2.10. The SMILES string of the molecule is O=C(NCc1ccco1)c1cc(-c2ccccn2)nc2cc(F)ccc12. The lowest BCUT2D eigenvalue weighted by atomic mass is 10.1. The van der Waals surface area contributed by atoms with Crippen molar-refractivity contribution in [3.8, 4) is 11.4 Å². The molecule has 128 valence electrons. The van der Waals surface area contributed by atoms with Gasteiger partial charge in [0.1, 0.15) is 11.6 Å². The van der Waals surface area contributed by atoms with E-state index in [1.807, 2.05) is 6.07 Å². The van der Waals surface area contributed by atoms with Crippen molar-refractivity contribution in [1.82, 2.24) is 15.3 Å². The number of hydrogen-bond acceptors (Lipinski definition) is 4. The molecule has 3 aromatic heterocycles. The van der Waals surface area contributed by atoms with E-state index in [1.165, 1.54) is 12.1 Å². The number of nitrogens with zero attached hydrogens (tertiary/aromatic N) is 2. The van der Waals surface area contributed by atoms with Gasteiger partial charge in [-0.25, -0.2) is 9.37 Å². The molecule has 0 fully saturated rings. The largest absolute Gasteiger partial charge is 0.467 e. The number of hydrogen-bond donors (Lipinski definition) is 1.